The third kappa shape index (κ3) is 2.89. The van der Waals surface area contributed by atoms with Crippen molar-refractivity contribution in [2.24, 2.45) is 0 Å². The maximum Gasteiger partial charge on any atom is 0.128 e. The summed E-state index contributed by atoms with van der Waals surface area (Å²) in [5.74, 6) is -0.607. The molecule has 0 saturated heterocycles. The highest BCUT2D eigenvalue weighted by Crippen LogP contribution is 2.33. The Balaban J connectivity index is 1.94. The second-order valence-corrected chi connectivity index (χ2v) is 6.15. The van der Waals surface area contributed by atoms with Gasteiger partial charge in [-0.1, -0.05) is 41.9 Å². The fraction of sp³-hybridized carbons (Fsp3) is 0.0500. The number of benzene rings is 3. The van der Waals surface area contributed by atoms with Crippen LogP contribution in [0.2, 0.25) is 5.02 Å². The molecule has 0 atom stereocenters. The molecule has 0 saturated carbocycles. The Morgan fingerprint density at radius 1 is 0.880 bits per heavy atom. The molecule has 1 aromatic heterocycles. The summed E-state index contributed by atoms with van der Waals surface area (Å²) in [6.45, 7) is 0.254. The van der Waals surface area contributed by atoms with E-state index in [-0.39, 0.29) is 18.2 Å². The fourth-order valence-electron chi connectivity index (χ4n) is 2.93. The minimum Gasteiger partial charge on any atom is -0.259 e. The van der Waals surface area contributed by atoms with Crippen molar-refractivity contribution >= 4 is 22.5 Å². The van der Waals surface area contributed by atoms with E-state index in [2.05, 4.69) is 5.10 Å². The van der Waals surface area contributed by atoms with Gasteiger partial charge in [-0.2, -0.15) is 5.10 Å². The molecule has 0 unspecified atom stereocenters. The van der Waals surface area contributed by atoms with Crippen LogP contribution in [0.5, 0.6) is 0 Å². The smallest absolute Gasteiger partial charge is 0.128 e. The molecule has 0 radical (unpaired) electrons. The van der Waals surface area contributed by atoms with Crippen molar-refractivity contribution in [1.82, 2.24) is 9.78 Å². The number of hydrogen-bond donors (Lipinski definition) is 0. The van der Waals surface area contributed by atoms with Crippen LogP contribution in [0.25, 0.3) is 22.2 Å². The van der Waals surface area contributed by atoms with E-state index in [0.29, 0.717) is 16.1 Å². The molecule has 4 rings (SSSR count). The van der Waals surface area contributed by atoms with Crippen LogP contribution in [0, 0.1) is 11.6 Å². The largest absolute Gasteiger partial charge is 0.259 e. The quantitative estimate of drug-likeness (QED) is 0.462. The second kappa shape index (κ2) is 6.30. The van der Waals surface area contributed by atoms with Crippen LogP contribution in [0.15, 0.2) is 66.7 Å². The molecule has 0 aliphatic heterocycles. The van der Waals surface area contributed by atoms with Crippen molar-refractivity contribution in [2.45, 2.75) is 6.54 Å². The Bertz CT molecular complexity index is 1060. The zero-order chi connectivity index (χ0) is 17.4. The molecule has 0 N–H and O–H groups in total. The summed E-state index contributed by atoms with van der Waals surface area (Å²) in [5, 5.41) is 5.94. The molecule has 4 aromatic rings. The third-order valence-electron chi connectivity index (χ3n) is 4.12. The molecule has 0 fully saturated rings. The average molecular weight is 355 g/mol. The molecule has 3 aromatic carbocycles. The zero-order valence-electron chi connectivity index (χ0n) is 13.1. The Morgan fingerprint density at radius 3 is 2.40 bits per heavy atom. The Morgan fingerprint density at radius 2 is 1.64 bits per heavy atom. The topological polar surface area (TPSA) is 17.8 Å². The van der Waals surface area contributed by atoms with Gasteiger partial charge in [0, 0.05) is 16.5 Å². The number of halogens is 3. The highest BCUT2D eigenvalue weighted by Gasteiger charge is 2.16. The molecule has 1 heterocycles. The normalized spacial score (nSPS) is 11.2. The molecule has 124 valence electrons. The summed E-state index contributed by atoms with van der Waals surface area (Å²) in [7, 11) is 0. The number of aromatic nitrogens is 2. The van der Waals surface area contributed by atoms with Gasteiger partial charge in [0.2, 0.25) is 0 Å². The maximum atomic E-state index is 14.1. The minimum atomic E-state index is -0.314. The number of fused-ring (bicyclic) bond motifs is 1. The molecule has 5 heteroatoms. The lowest BCUT2D eigenvalue weighted by atomic mass is 10.1. The van der Waals surface area contributed by atoms with E-state index in [9.17, 15) is 8.78 Å². The van der Waals surface area contributed by atoms with Crippen LogP contribution in [-0.4, -0.2) is 9.78 Å². The maximum absolute atomic E-state index is 14.1. The molecule has 0 aliphatic rings. The second-order valence-electron chi connectivity index (χ2n) is 5.74. The van der Waals surface area contributed by atoms with Crippen molar-refractivity contribution in [3.05, 3.63) is 89.0 Å². The zero-order valence-corrected chi connectivity index (χ0v) is 13.8. The summed E-state index contributed by atoms with van der Waals surface area (Å²) in [5.41, 5.74) is 2.73. The Hall–Kier alpha value is -2.72. The first-order chi connectivity index (χ1) is 12.1. The molecule has 0 spiro atoms. The average Bonchev–Trinajstić information content (AvgIpc) is 2.97. The lowest BCUT2D eigenvalue weighted by Crippen LogP contribution is -2.05. The van der Waals surface area contributed by atoms with E-state index in [1.807, 2.05) is 12.1 Å². The Labute approximate surface area is 148 Å². The van der Waals surface area contributed by atoms with Crippen LogP contribution in [0.4, 0.5) is 8.78 Å². The Kier molecular flexibility index (Phi) is 3.98. The lowest BCUT2D eigenvalue weighted by Gasteiger charge is -2.09. The van der Waals surface area contributed by atoms with Crippen molar-refractivity contribution in [1.29, 1.82) is 0 Å². The molecule has 0 amide bonds. The first-order valence-electron chi connectivity index (χ1n) is 7.78. The van der Waals surface area contributed by atoms with E-state index < -0.39 is 0 Å². The summed E-state index contributed by atoms with van der Waals surface area (Å²) >= 11 is 6.28. The van der Waals surface area contributed by atoms with Crippen molar-refractivity contribution in [3.8, 4) is 11.3 Å². The van der Waals surface area contributed by atoms with E-state index in [1.54, 1.807) is 41.1 Å². The SMILES string of the molecule is Fc1ccc(-c2c3cccc(Cl)c3nn2Cc2ccccc2F)cc1. The van der Waals surface area contributed by atoms with E-state index in [4.69, 9.17) is 11.6 Å². The van der Waals surface area contributed by atoms with E-state index >= 15 is 0 Å². The van der Waals surface area contributed by atoms with Gasteiger partial charge in [0.1, 0.15) is 17.2 Å². The van der Waals surface area contributed by atoms with Gasteiger partial charge in [0.25, 0.3) is 0 Å². The fourth-order valence-corrected chi connectivity index (χ4v) is 3.14. The summed E-state index contributed by atoms with van der Waals surface area (Å²) in [4.78, 5) is 0. The van der Waals surface area contributed by atoms with Gasteiger partial charge in [-0.05, 0) is 36.4 Å². The van der Waals surface area contributed by atoms with Crippen LogP contribution in [0.1, 0.15) is 5.56 Å². The summed E-state index contributed by atoms with van der Waals surface area (Å²) < 4.78 is 29.1. The van der Waals surface area contributed by atoms with Gasteiger partial charge in [0.15, 0.2) is 0 Å². The highest BCUT2D eigenvalue weighted by atomic mass is 35.5. The van der Waals surface area contributed by atoms with Gasteiger partial charge in [-0.15, -0.1) is 0 Å². The monoisotopic (exact) mass is 354 g/mol. The predicted octanol–water partition coefficient (Wildman–Crippen LogP) is 5.68. The first kappa shape index (κ1) is 15.8. The van der Waals surface area contributed by atoms with Gasteiger partial charge in [-0.25, -0.2) is 8.78 Å². The molecule has 0 bridgehead atoms. The summed E-state index contributed by atoms with van der Waals surface area (Å²) in [6.07, 6.45) is 0. The first-order valence-corrected chi connectivity index (χ1v) is 8.15. The van der Waals surface area contributed by atoms with Gasteiger partial charge in [0.05, 0.1) is 17.3 Å². The van der Waals surface area contributed by atoms with E-state index in [0.717, 1.165) is 16.6 Å². The van der Waals surface area contributed by atoms with E-state index in [1.165, 1.54) is 18.2 Å². The molecular weight excluding hydrogens is 342 g/mol. The van der Waals surface area contributed by atoms with Crippen LogP contribution in [-0.2, 0) is 6.54 Å². The molecular formula is C20H13ClF2N2. The molecule has 2 nitrogen and oxygen atoms in total. The molecule has 25 heavy (non-hydrogen) atoms. The van der Waals surface area contributed by atoms with Gasteiger partial charge < -0.3 is 0 Å². The number of rotatable bonds is 3. The summed E-state index contributed by atoms with van der Waals surface area (Å²) in [6, 6.07) is 18.2. The lowest BCUT2D eigenvalue weighted by molar-refractivity contribution is 0.588. The molecule has 0 aliphatic carbocycles. The van der Waals surface area contributed by atoms with Gasteiger partial charge in [-0.3, -0.25) is 4.68 Å². The standard InChI is InChI=1S/C20H13ClF2N2/c21-17-6-3-5-16-19(17)24-25(12-14-4-1-2-7-18(14)23)20(16)13-8-10-15(22)11-9-13/h1-11H,12H2. The minimum absolute atomic E-state index is 0.254. The van der Waals surface area contributed by atoms with Crippen molar-refractivity contribution < 1.29 is 8.78 Å². The van der Waals surface area contributed by atoms with Crippen molar-refractivity contribution in [3.63, 3.8) is 0 Å². The van der Waals surface area contributed by atoms with Crippen LogP contribution >= 0.6 is 11.6 Å². The van der Waals surface area contributed by atoms with Crippen molar-refractivity contribution in [2.75, 3.05) is 0 Å². The highest BCUT2D eigenvalue weighted by molar-refractivity contribution is 6.35. The number of hydrogen-bond acceptors (Lipinski definition) is 1. The predicted molar refractivity (Wildman–Crippen MR) is 95.6 cm³/mol. The van der Waals surface area contributed by atoms with Crippen LogP contribution in [0.3, 0.4) is 0 Å². The number of nitrogens with zero attached hydrogens (tertiary/aromatic N) is 2. The van der Waals surface area contributed by atoms with Gasteiger partial charge >= 0.3 is 0 Å². The van der Waals surface area contributed by atoms with Crippen LogP contribution < -0.4 is 0 Å². The third-order valence-corrected chi connectivity index (χ3v) is 4.42.